The zero-order chi connectivity index (χ0) is 14.8. The minimum atomic E-state index is 0. The minimum absolute atomic E-state index is 0. The van der Waals surface area contributed by atoms with Crippen LogP contribution in [0.3, 0.4) is 0 Å². The molecule has 0 aliphatic carbocycles. The van der Waals surface area contributed by atoms with Crippen molar-refractivity contribution in [3.63, 3.8) is 0 Å². The molecule has 3 nitrogen and oxygen atoms in total. The van der Waals surface area contributed by atoms with Gasteiger partial charge in [-0.3, -0.25) is 4.99 Å². The highest BCUT2D eigenvalue weighted by molar-refractivity contribution is 14.0. The number of nitrogens with one attached hydrogen (secondary N) is 2. The Labute approximate surface area is 150 Å². The highest BCUT2D eigenvalue weighted by Crippen LogP contribution is 2.18. The third kappa shape index (κ3) is 7.95. The highest BCUT2D eigenvalue weighted by Gasteiger charge is 2.14. The molecule has 0 amide bonds. The van der Waals surface area contributed by atoms with Gasteiger partial charge < -0.3 is 10.6 Å². The lowest BCUT2D eigenvalue weighted by atomic mass is 9.94. The Morgan fingerprint density at radius 2 is 1.90 bits per heavy atom. The fourth-order valence-electron chi connectivity index (χ4n) is 2.00. The summed E-state index contributed by atoms with van der Waals surface area (Å²) in [6, 6.07) is 10.9. The van der Waals surface area contributed by atoms with Crippen molar-refractivity contribution in [2.24, 2.45) is 4.99 Å². The van der Waals surface area contributed by atoms with E-state index in [1.807, 2.05) is 18.8 Å². The molecule has 0 aliphatic heterocycles. The van der Waals surface area contributed by atoms with Crippen molar-refractivity contribution < 1.29 is 0 Å². The SMILES string of the molecule is CN=C(NCCCSC)NC(C)C(C)c1ccccc1.I. The normalized spacial score (nSPS) is 14.0. The molecular formula is C16H28IN3S. The van der Waals surface area contributed by atoms with E-state index in [0.29, 0.717) is 12.0 Å². The smallest absolute Gasteiger partial charge is 0.191 e. The summed E-state index contributed by atoms with van der Waals surface area (Å²) in [5.41, 5.74) is 1.35. The molecule has 1 rings (SSSR count). The highest BCUT2D eigenvalue weighted by atomic mass is 127. The molecule has 0 fully saturated rings. The fourth-order valence-corrected chi connectivity index (χ4v) is 2.44. The predicted molar refractivity (Wildman–Crippen MR) is 107 cm³/mol. The summed E-state index contributed by atoms with van der Waals surface area (Å²) in [5.74, 6) is 2.52. The molecule has 0 saturated heterocycles. The molecule has 0 bridgehead atoms. The third-order valence-electron chi connectivity index (χ3n) is 3.48. The van der Waals surface area contributed by atoms with Crippen LogP contribution in [0.1, 0.15) is 31.7 Å². The number of halogens is 1. The molecule has 0 spiro atoms. The average molecular weight is 421 g/mol. The number of rotatable bonds is 7. The van der Waals surface area contributed by atoms with Gasteiger partial charge >= 0.3 is 0 Å². The largest absolute Gasteiger partial charge is 0.356 e. The van der Waals surface area contributed by atoms with Crippen LogP contribution in [0.5, 0.6) is 0 Å². The van der Waals surface area contributed by atoms with E-state index >= 15 is 0 Å². The van der Waals surface area contributed by atoms with E-state index in [-0.39, 0.29) is 24.0 Å². The molecule has 2 N–H and O–H groups in total. The van der Waals surface area contributed by atoms with Crippen molar-refractivity contribution in [1.82, 2.24) is 10.6 Å². The van der Waals surface area contributed by atoms with Crippen molar-refractivity contribution in [3.05, 3.63) is 35.9 Å². The van der Waals surface area contributed by atoms with Gasteiger partial charge in [-0.1, -0.05) is 37.3 Å². The molecule has 5 heteroatoms. The molecular weight excluding hydrogens is 393 g/mol. The lowest BCUT2D eigenvalue weighted by molar-refractivity contribution is 0.550. The van der Waals surface area contributed by atoms with E-state index in [0.717, 1.165) is 18.9 Å². The molecule has 0 aliphatic rings. The summed E-state index contributed by atoms with van der Waals surface area (Å²) in [6.07, 6.45) is 3.29. The maximum Gasteiger partial charge on any atom is 0.191 e. The molecule has 1 aromatic rings. The second kappa shape index (κ2) is 12.1. The van der Waals surface area contributed by atoms with Gasteiger partial charge in [0.25, 0.3) is 0 Å². The van der Waals surface area contributed by atoms with Crippen LogP contribution < -0.4 is 10.6 Å². The van der Waals surface area contributed by atoms with Gasteiger partial charge in [-0.05, 0) is 30.9 Å². The quantitative estimate of drug-likeness (QED) is 0.305. The van der Waals surface area contributed by atoms with Crippen LogP contribution in [0.4, 0.5) is 0 Å². The second-order valence-electron chi connectivity index (χ2n) is 4.98. The van der Waals surface area contributed by atoms with Crippen LogP contribution in [0.2, 0.25) is 0 Å². The van der Waals surface area contributed by atoms with Gasteiger partial charge in [0.2, 0.25) is 0 Å². The van der Waals surface area contributed by atoms with Crippen molar-refractivity contribution in [2.75, 3.05) is 25.6 Å². The number of thioether (sulfide) groups is 1. The topological polar surface area (TPSA) is 36.4 Å². The van der Waals surface area contributed by atoms with E-state index < -0.39 is 0 Å². The van der Waals surface area contributed by atoms with Gasteiger partial charge in [0.15, 0.2) is 5.96 Å². The molecule has 1 aromatic carbocycles. The van der Waals surface area contributed by atoms with E-state index in [2.05, 4.69) is 66.1 Å². The minimum Gasteiger partial charge on any atom is -0.356 e. The standard InChI is InChI=1S/C16H27N3S.HI/c1-13(15-9-6-5-7-10-15)14(2)19-16(17-3)18-11-8-12-20-4;/h5-7,9-10,13-14H,8,11-12H2,1-4H3,(H2,17,18,19);1H. The summed E-state index contributed by atoms with van der Waals surface area (Å²) < 4.78 is 0. The van der Waals surface area contributed by atoms with E-state index in [1.165, 1.54) is 11.3 Å². The predicted octanol–water partition coefficient (Wildman–Crippen LogP) is 3.71. The molecule has 0 heterocycles. The van der Waals surface area contributed by atoms with Crippen LogP contribution in [-0.2, 0) is 0 Å². The lowest BCUT2D eigenvalue weighted by Crippen LogP contribution is -2.44. The maximum absolute atomic E-state index is 4.29. The number of hydrogen-bond acceptors (Lipinski definition) is 2. The molecule has 0 saturated carbocycles. The van der Waals surface area contributed by atoms with Gasteiger partial charge in [-0.25, -0.2) is 0 Å². The van der Waals surface area contributed by atoms with E-state index in [1.54, 1.807) is 0 Å². The Hall–Kier alpha value is -0.430. The summed E-state index contributed by atoms with van der Waals surface area (Å²) in [5, 5.41) is 6.84. The van der Waals surface area contributed by atoms with Crippen LogP contribution in [-0.4, -0.2) is 37.6 Å². The van der Waals surface area contributed by atoms with Gasteiger partial charge in [0.1, 0.15) is 0 Å². The number of nitrogens with zero attached hydrogens (tertiary/aromatic N) is 1. The average Bonchev–Trinajstić information content (AvgIpc) is 2.50. The third-order valence-corrected chi connectivity index (χ3v) is 4.18. The lowest BCUT2D eigenvalue weighted by Gasteiger charge is -2.24. The number of hydrogen-bond donors (Lipinski definition) is 2. The van der Waals surface area contributed by atoms with Crippen molar-refractivity contribution >= 4 is 41.7 Å². The van der Waals surface area contributed by atoms with E-state index in [4.69, 9.17) is 0 Å². The zero-order valence-corrected chi connectivity index (χ0v) is 16.6. The number of benzene rings is 1. The van der Waals surface area contributed by atoms with Gasteiger partial charge in [0.05, 0.1) is 0 Å². The Morgan fingerprint density at radius 1 is 1.24 bits per heavy atom. The first kappa shape index (κ1) is 20.6. The maximum atomic E-state index is 4.29. The molecule has 21 heavy (non-hydrogen) atoms. The monoisotopic (exact) mass is 421 g/mol. The molecule has 0 aromatic heterocycles. The molecule has 0 radical (unpaired) electrons. The summed E-state index contributed by atoms with van der Waals surface area (Å²) in [6.45, 7) is 5.41. The van der Waals surface area contributed by atoms with Crippen molar-refractivity contribution in [3.8, 4) is 0 Å². The van der Waals surface area contributed by atoms with Gasteiger partial charge in [-0.15, -0.1) is 24.0 Å². The first-order chi connectivity index (χ1) is 9.69. The summed E-state index contributed by atoms with van der Waals surface area (Å²) in [7, 11) is 1.82. The van der Waals surface area contributed by atoms with Crippen molar-refractivity contribution in [2.45, 2.75) is 32.2 Å². The molecule has 2 atom stereocenters. The Kier molecular flexibility index (Phi) is 11.9. The number of guanidine groups is 1. The van der Waals surface area contributed by atoms with Crippen molar-refractivity contribution in [1.29, 1.82) is 0 Å². The summed E-state index contributed by atoms with van der Waals surface area (Å²) >= 11 is 1.88. The zero-order valence-electron chi connectivity index (χ0n) is 13.4. The van der Waals surface area contributed by atoms with Crippen LogP contribution in [0, 0.1) is 0 Å². The van der Waals surface area contributed by atoms with Crippen LogP contribution in [0.25, 0.3) is 0 Å². The second-order valence-corrected chi connectivity index (χ2v) is 5.96. The number of aliphatic imine (C=N–C) groups is 1. The first-order valence-electron chi connectivity index (χ1n) is 7.20. The molecule has 2 unspecified atom stereocenters. The fraction of sp³-hybridized carbons (Fsp3) is 0.562. The Morgan fingerprint density at radius 3 is 2.48 bits per heavy atom. The van der Waals surface area contributed by atoms with Crippen LogP contribution >= 0.6 is 35.7 Å². The van der Waals surface area contributed by atoms with E-state index in [9.17, 15) is 0 Å². The van der Waals surface area contributed by atoms with Gasteiger partial charge in [0, 0.05) is 25.6 Å². The van der Waals surface area contributed by atoms with Gasteiger partial charge in [-0.2, -0.15) is 11.8 Å². The Bertz CT molecular complexity index is 398. The first-order valence-corrected chi connectivity index (χ1v) is 8.59. The van der Waals surface area contributed by atoms with Crippen LogP contribution in [0.15, 0.2) is 35.3 Å². The Balaban J connectivity index is 0.00000400. The summed E-state index contributed by atoms with van der Waals surface area (Å²) in [4.78, 5) is 4.29. The molecule has 120 valence electrons.